The topological polar surface area (TPSA) is 88.9 Å². The van der Waals surface area contributed by atoms with Crippen LogP contribution in [0, 0.1) is 0 Å². The molecule has 1 aromatic rings. The number of hydrogen-bond acceptors (Lipinski definition) is 5. The zero-order valence-corrected chi connectivity index (χ0v) is 4.93. The van der Waals surface area contributed by atoms with Crippen molar-refractivity contribution in [1.82, 2.24) is 20.6 Å². The van der Waals surface area contributed by atoms with E-state index in [-0.39, 0.29) is 6.42 Å². The minimum atomic E-state index is -0.956. The largest absolute Gasteiger partial charge is 0.481 e. The molecule has 0 radical (unpaired) electrons. The maximum absolute atomic E-state index is 10.1. The van der Waals surface area contributed by atoms with Crippen molar-refractivity contribution in [3.63, 3.8) is 0 Å². The summed E-state index contributed by atoms with van der Waals surface area (Å²) in [5.41, 5.74) is 0.308. The maximum atomic E-state index is 10.1. The predicted octanol–water partition coefficient (Wildman–Crippen LogP) is -1.11. The number of nitrogens with zero attached hydrogens (tertiary/aromatic N) is 4. The third-order valence-corrected chi connectivity index (χ3v) is 0.804. The summed E-state index contributed by atoms with van der Waals surface area (Å²) >= 11 is 0. The molecule has 1 aromatic heterocycles. The Hall–Kier alpha value is -1.59. The van der Waals surface area contributed by atoms with Gasteiger partial charge in [-0.25, -0.2) is 0 Å². The van der Waals surface area contributed by atoms with Gasteiger partial charge in [-0.05, 0) is 10.4 Å². The van der Waals surface area contributed by atoms with E-state index in [0.29, 0.717) is 5.69 Å². The Balaban J connectivity index is 2.67. The van der Waals surface area contributed by atoms with Gasteiger partial charge in [-0.2, -0.15) is 0 Å². The van der Waals surface area contributed by atoms with Gasteiger partial charge in [-0.3, -0.25) is 4.79 Å². The van der Waals surface area contributed by atoms with Gasteiger partial charge in [0.15, 0.2) is 0 Å². The third-order valence-electron chi connectivity index (χ3n) is 0.804. The molecule has 6 nitrogen and oxygen atoms in total. The molecule has 0 saturated heterocycles. The molecule has 0 amide bonds. The highest BCUT2D eigenvalue weighted by Crippen LogP contribution is 1.87. The Bertz CT molecular complexity index is 224. The summed E-state index contributed by atoms with van der Waals surface area (Å²) in [6.45, 7) is 0. The van der Waals surface area contributed by atoms with E-state index in [4.69, 9.17) is 5.11 Å². The Morgan fingerprint density at radius 1 is 1.60 bits per heavy atom. The van der Waals surface area contributed by atoms with Gasteiger partial charge in [0, 0.05) is 0 Å². The van der Waals surface area contributed by atoms with Gasteiger partial charge in [0.2, 0.25) is 0 Å². The van der Waals surface area contributed by atoms with Crippen molar-refractivity contribution in [2.24, 2.45) is 0 Å². The van der Waals surface area contributed by atoms with Gasteiger partial charge in [0.1, 0.15) is 0 Å². The lowest BCUT2D eigenvalue weighted by Crippen LogP contribution is -2.04. The number of aliphatic carboxylic acids is 1. The van der Waals surface area contributed by atoms with Crippen molar-refractivity contribution in [3.05, 3.63) is 11.9 Å². The Morgan fingerprint density at radius 3 is 2.90 bits per heavy atom. The van der Waals surface area contributed by atoms with E-state index >= 15 is 0 Å². The van der Waals surface area contributed by atoms with E-state index in [2.05, 4.69) is 20.6 Å². The van der Waals surface area contributed by atoms with Crippen molar-refractivity contribution in [3.8, 4) is 0 Å². The fourth-order valence-electron chi connectivity index (χ4n) is 0.455. The molecule has 0 spiro atoms. The van der Waals surface area contributed by atoms with Gasteiger partial charge in [0.05, 0.1) is 18.3 Å². The lowest BCUT2D eigenvalue weighted by atomic mass is 10.3. The number of carbonyl (C=O) groups is 1. The second-order valence-corrected chi connectivity index (χ2v) is 1.59. The summed E-state index contributed by atoms with van der Waals surface area (Å²) in [7, 11) is 0. The molecular weight excluding hydrogens is 136 g/mol. The SMILES string of the molecule is O=C(O)Cc1cnnnn1. The third kappa shape index (κ3) is 1.73. The van der Waals surface area contributed by atoms with Crippen LogP contribution in [0.5, 0.6) is 0 Å². The standard InChI is InChI=1S/C4H4N4O2/c9-4(10)1-3-2-5-7-8-6-3/h2H,1H2,(H,9,10). The lowest BCUT2D eigenvalue weighted by molar-refractivity contribution is -0.136. The van der Waals surface area contributed by atoms with Gasteiger partial charge in [0.25, 0.3) is 0 Å². The first-order valence-corrected chi connectivity index (χ1v) is 2.51. The Labute approximate surface area is 55.9 Å². The molecule has 0 atom stereocenters. The van der Waals surface area contributed by atoms with Gasteiger partial charge in [-0.1, -0.05) is 0 Å². The number of carboxylic acid groups (broad SMARTS) is 1. The Morgan fingerprint density at radius 2 is 2.40 bits per heavy atom. The summed E-state index contributed by atoms with van der Waals surface area (Å²) in [5.74, 6) is -0.956. The maximum Gasteiger partial charge on any atom is 0.309 e. The number of carboxylic acids is 1. The van der Waals surface area contributed by atoms with E-state index in [0.717, 1.165) is 0 Å². The van der Waals surface area contributed by atoms with E-state index in [9.17, 15) is 4.79 Å². The molecule has 0 aromatic carbocycles. The van der Waals surface area contributed by atoms with Crippen molar-refractivity contribution in [2.75, 3.05) is 0 Å². The zero-order chi connectivity index (χ0) is 7.40. The van der Waals surface area contributed by atoms with E-state index in [1.165, 1.54) is 6.20 Å². The number of rotatable bonds is 2. The van der Waals surface area contributed by atoms with E-state index in [1.807, 2.05) is 0 Å². The normalized spacial score (nSPS) is 9.20. The first-order chi connectivity index (χ1) is 4.79. The summed E-state index contributed by atoms with van der Waals surface area (Å²) in [6, 6.07) is 0. The van der Waals surface area contributed by atoms with Crippen molar-refractivity contribution >= 4 is 5.97 Å². The summed E-state index contributed by atoms with van der Waals surface area (Å²) in [5, 5.41) is 21.3. The molecule has 0 unspecified atom stereocenters. The van der Waals surface area contributed by atoms with Crippen LogP contribution in [-0.4, -0.2) is 31.7 Å². The molecule has 10 heavy (non-hydrogen) atoms. The van der Waals surface area contributed by atoms with Gasteiger partial charge < -0.3 is 5.11 Å². The highest BCUT2D eigenvalue weighted by molar-refractivity contribution is 5.69. The minimum Gasteiger partial charge on any atom is -0.481 e. The molecular formula is C4H4N4O2. The van der Waals surface area contributed by atoms with Crippen LogP contribution >= 0.6 is 0 Å². The monoisotopic (exact) mass is 140 g/mol. The molecule has 1 N–H and O–H groups in total. The first-order valence-electron chi connectivity index (χ1n) is 2.51. The lowest BCUT2D eigenvalue weighted by Gasteiger charge is -1.88. The molecule has 1 rings (SSSR count). The van der Waals surface area contributed by atoms with Gasteiger partial charge in [-0.15, -0.1) is 10.2 Å². The molecule has 0 bridgehead atoms. The quantitative estimate of drug-likeness (QED) is 0.560. The molecule has 0 fully saturated rings. The van der Waals surface area contributed by atoms with Crippen LogP contribution in [0.3, 0.4) is 0 Å². The molecule has 6 heteroatoms. The van der Waals surface area contributed by atoms with Crippen molar-refractivity contribution < 1.29 is 9.90 Å². The van der Waals surface area contributed by atoms with Crippen LogP contribution < -0.4 is 0 Å². The average molecular weight is 140 g/mol. The molecule has 0 aliphatic rings. The Kier molecular flexibility index (Phi) is 1.83. The van der Waals surface area contributed by atoms with Crippen LogP contribution in [-0.2, 0) is 11.2 Å². The fourth-order valence-corrected chi connectivity index (χ4v) is 0.455. The van der Waals surface area contributed by atoms with Crippen molar-refractivity contribution in [2.45, 2.75) is 6.42 Å². The van der Waals surface area contributed by atoms with Crippen LogP contribution in [0.2, 0.25) is 0 Å². The van der Waals surface area contributed by atoms with Crippen LogP contribution in [0.15, 0.2) is 6.20 Å². The predicted molar refractivity (Wildman–Crippen MR) is 29.0 cm³/mol. The molecule has 0 saturated carbocycles. The van der Waals surface area contributed by atoms with Crippen molar-refractivity contribution in [1.29, 1.82) is 0 Å². The highest BCUT2D eigenvalue weighted by Gasteiger charge is 2.00. The van der Waals surface area contributed by atoms with Crippen LogP contribution in [0.25, 0.3) is 0 Å². The number of aromatic nitrogens is 4. The smallest absolute Gasteiger partial charge is 0.309 e. The van der Waals surface area contributed by atoms with E-state index < -0.39 is 5.97 Å². The molecule has 1 heterocycles. The minimum absolute atomic E-state index is 0.164. The molecule has 0 aliphatic heterocycles. The highest BCUT2D eigenvalue weighted by atomic mass is 16.4. The summed E-state index contributed by atoms with van der Waals surface area (Å²) in [6.07, 6.45) is 1.10. The molecule has 0 aliphatic carbocycles. The first kappa shape index (κ1) is 6.53. The van der Waals surface area contributed by atoms with Crippen LogP contribution in [0.1, 0.15) is 5.69 Å². The van der Waals surface area contributed by atoms with Crippen LogP contribution in [0.4, 0.5) is 0 Å². The second-order valence-electron chi connectivity index (χ2n) is 1.59. The zero-order valence-electron chi connectivity index (χ0n) is 4.93. The van der Waals surface area contributed by atoms with E-state index in [1.54, 1.807) is 0 Å². The summed E-state index contributed by atoms with van der Waals surface area (Å²) in [4.78, 5) is 10.1. The number of hydrogen-bond donors (Lipinski definition) is 1. The fraction of sp³-hybridized carbons (Fsp3) is 0.250. The van der Waals surface area contributed by atoms with Gasteiger partial charge >= 0.3 is 5.97 Å². The second kappa shape index (κ2) is 2.81. The molecule has 52 valence electrons. The summed E-state index contributed by atoms with van der Waals surface area (Å²) < 4.78 is 0. The average Bonchev–Trinajstić information content (AvgIpc) is 1.88.